The van der Waals surface area contributed by atoms with E-state index in [1.165, 1.54) is 4.90 Å². The van der Waals surface area contributed by atoms with Crippen molar-refractivity contribution in [2.75, 3.05) is 6.54 Å². The molecule has 0 radical (unpaired) electrons. The number of carbonyl (C=O) groups excluding carboxylic acids is 1. The Morgan fingerprint density at radius 1 is 1.53 bits per heavy atom. The number of nitrogens with zero attached hydrogens (tertiary/aromatic N) is 2. The van der Waals surface area contributed by atoms with E-state index in [2.05, 4.69) is 15.9 Å². The van der Waals surface area contributed by atoms with Crippen molar-refractivity contribution in [3.8, 4) is 0 Å². The molecule has 1 aromatic heterocycles. The van der Waals surface area contributed by atoms with Crippen molar-refractivity contribution in [2.45, 2.75) is 45.2 Å². The molecule has 1 fully saturated rings. The van der Waals surface area contributed by atoms with Crippen molar-refractivity contribution in [3.05, 3.63) is 22.4 Å². The summed E-state index contributed by atoms with van der Waals surface area (Å²) in [5.74, 6) is -0.304. The lowest BCUT2D eigenvalue weighted by Gasteiger charge is -2.23. The van der Waals surface area contributed by atoms with Crippen LogP contribution in [0.5, 0.6) is 0 Å². The van der Waals surface area contributed by atoms with E-state index < -0.39 is 13.0 Å². The molecule has 1 aliphatic carbocycles. The Morgan fingerprint density at radius 2 is 2.16 bits per heavy atom. The summed E-state index contributed by atoms with van der Waals surface area (Å²) >= 11 is 3.33. The molecule has 0 N–H and O–H groups in total. The Morgan fingerprint density at radius 3 is 2.63 bits per heavy atom. The zero-order chi connectivity index (χ0) is 14.2. The Bertz CT molecular complexity index is 469. The molecule has 6 heteroatoms. The minimum Gasteiger partial charge on any atom is -0.340 e. The summed E-state index contributed by atoms with van der Waals surface area (Å²) in [6.45, 7) is 3.43. The fourth-order valence-electron chi connectivity index (χ4n) is 2.12. The maximum absolute atomic E-state index is 12.6. The number of rotatable bonds is 5. The van der Waals surface area contributed by atoms with Gasteiger partial charge >= 0.3 is 0 Å². The Labute approximate surface area is 119 Å². The molecule has 0 saturated heterocycles. The van der Waals surface area contributed by atoms with E-state index in [9.17, 15) is 13.6 Å². The first-order chi connectivity index (χ1) is 8.90. The van der Waals surface area contributed by atoms with E-state index in [4.69, 9.17) is 0 Å². The van der Waals surface area contributed by atoms with Crippen molar-refractivity contribution in [1.82, 2.24) is 9.47 Å². The molecule has 0 unspecified atom stereocenters. The quantitative estimate of drug-likeness (QED) is 0.805. The van der Waals surface area contributed by atoms with Gasteiger partial charge in [0.15, 0.2) is 0 Å². The molecule has 3 nitrogen and oxygen atoms in total. The van der Waals surface area contributed by atoms with Gasteiger partial charge in [-0.1, -0.05) is 0 Å². The van der Waals surface area contributed by atoms with Crippen LogP contribution < -0.4 is 0 Å². The monoisotopic (exact) mass is 334 g/mol. The highest BCUT2D eigenvalue weighted by Crippen LogP contribution is 2.30. The predicted octanol–water partition coefficient (Wildman–Crippen LogP) is 3.70. The first kappa shape index (κ1) is 14.5. The fraction of sp³-hybridized carbons (Fsp3) is 0.615. The van der Waals surface area contributed by atoms with Crippen LogP contribution in [0.2, 0.25) is 0 Å². The van der Waals surface area contributed by atoms with Gasteiger partial charge in [0.2, 0.25) is 0 Å². The predicted molar refractivity (Wildman–Crippen MR) is 72.6 cm³/mol. The van der Waals surface area contributed by atoms with Gasteiger partial charge in [0.1, 0.15) is 5.69 Å². The molecule has 1 amide bonds. The highest BCUT2D eigenvalue weighted by atomic mass is 79.9. The van der Waals surface area contributed by atoms with E-state index >= 15 is 0 Å². The summed E-state index contributed by atoms with van der Waals surface area (Å²) in [5, 5.41) is 0. The maximum Gasteiger partial charge on any atom is 0.270 e. The number of alkyl halides is 2. The third-order valence-electron chi connectivity index (χ3n) is 3.17. The standard InChI is InChI=1S/C13H17BrF2N2O/c1-8(2)17-6-9(14)5-11(17)13(19)18(7-12(15)16)10-3-4-10/h5-6,8,10,12H,3-4,7H2,1-2H3. The van der Waals surface area contributed by atoms with E-state index in [-0.39, 0.29) is 18.0 Å². The minimum atomic E-state index is -2.49. The number of halogens is 3. The summed E-state index contributed by atoms with van der Waals surface area (Å²) in [4.78, 5) is 13.8. The van der Waals surface area contributed by atoms with Crippen LogP contribution in [-0.2, 0) is 0 Å². The van der Waals surface area contributed by atoms with Crippen LogP contribution >= 0.6 is 15.9 Å². The molecule has 0 spiro atoms. The van der Waals surface area contributed by atoms with Crippen molar-refractivity contribution in [2.24, 2.45) is 0 Å². The summed E-state index contributed by atoms with van der Waals surface area (Å²) in [6.07, 6.45) is 0.963. The minimum absolute atomic E-state index is 0.0178. The molecule has 0 bridgehead atoms. The zero-order valence-electron chi connectivity index (χ0n) is 10.9. The van der Waals surface area contributed by atoms with Crippen LogP contribution in [0.1, 0.15) is 43.2 Å². The third kappa shape index (κ3) is 3.35. The van der Waals surface area contributed by atoms with Crippen LogP contribution in [0.25, 0.3) is 0 Å². The number of amides is 1. The SMILES string of the molecule is CC(C)n1cc(Br)cc1C(=O)N(CC(F)F)C1CC1. The van der Waals surface area contributed by atoms with E-state index in [0.717, 1.165) is 17.3 Å². The van der Waals surface area contributed by atoms with Crippen LogP contribution in [-0.4, -0.2) is 34.4 Å². The maximum atomic E-state index is 12.6. The van der Waals surface area contributed by atoms with Crippen LogP contribution in [0, 0.1) is 0 Å². The lowest BCUT2D eigenvalue weighted by molar-refractivity contribution is 0.0524. The van der Waals surface area contributed by atoms with Crippen LogP contribution in [0.15, 0.2) is 16.7 Å². The van der Waals surface area contributed by atoms with Gasteiger partial charge < -0.3 is 9.47 Å². The number of aromatic nitrogens is 1. The molecule has 0 aliphatic heterocycles. The Balaban J connectivity index is 2.26. The lowest BCUT2D eigenvalue weighted by Crippen LogP contribution is -2.38. The highest BCUT2D eigenvalue weighted by Gasteiger charge is 2.35. The molecular weight excluding hydrogens is 318 g/mol. The van der Waals surface area contributed by atoms with E-state index in [1.54, 1.807) is 6.07 Å². The summed E-state index contributed by atoms with van der Waals surface area (Å²) < 4.78 is 27.8. The van der Waals surface area contributed by atoms with Gasteiger partial charge in [-0.2, -0.15) is 0 Å². The van der Waals surface area contributed by atoms with Crippen molar-refractivity contribution in [3.63, 3.8) is 0 Å². The largest absolute Gasteiger partial charge is 0.340 e. The van der Waals surface area contributed by atoms with Gasteiger partial charge in [-0.15, -0.1) is 0 Å². The first-order valence-corrected chi connectivity index (χ1v) is 7.16. The van der Waals surface area contributed by atoms with Gasteiger partial charge in [-0.05, 0) is 48.7 Å². The van der Waals surface area contributed by atoms with E-state index in [0.29, 0.717) is 5.69 Å². The molecule has 19 heavy (non-hydrogen) atoms. The third-order valence-corrected chi connectivity index (χ3v) is 3.61. The van der Waals surface area contributed by atoms with Gasteiger partial charge in [0.05, 0.1) is 6.54 Å². The van der Waals surface area contributed by atoms with Crippen molar-refractivity contribution in [1.29, 1.82) is 0 Å². The molecule has 1 heterocycles. The Hall–Kier alpha value is -0.910. The average molecular weight is 335 g/mol. The van der Waals surface area contributed by atoms with Gasteiger partial charge in [0, 0.05) is 22.8 Å². The number of hydrogen-bond donors (Lipinski definition) is 0. The molecule has 1 aliphatic rings. The Kier molecular flexibility index (Phi) is 4.28. The molecular formula is C13H17BrF2N2O. The molecule has 2 rings (SSSR count). The lowest BCUT2D eigenvalue weighted by atomic mass is 10.3. The van der Waals surface area contributed by atoms with Crippen LogP contribution in [0.3, 0.4) is 0 Å². The smallest absolute Gasteiger partial charge is 0.270 e. The summed E-state index contributed by atoms with van der Waals surface area (Å²) in [7, 11) is 0. The molecule has 1 aromatic rings. The molecule has 1 saturated carbocycles. The summed E-state index contributed by atoms with van der Waals surface area (Å²) in [5.41, 5.74) is 0.467. The fourth-order valence-corrected chi connectivity index (χ4v) is 2.56. The molecule has 106 valence electrons. The molecule has 0 aromatic carbocycles. The van der Waals surface area contributed by atoms with Gasteiger partial charge in [-0.3, -0.25) is 4.79 Å². The van der Waals surface area contributed by atoms with Gasteiger partial charge in [-0.25, -0.2) is 8.78 Å². The second kappa shape index (κ2) is 5.61. The normalized spacial score (nSPS) is 15.3. The van der Waals surface area contributed by atoms with Crippen molar-refractivity contribution >= 4 is 21.8 Å². The zero-order valence-corrected chi connectivity index (χ0v) is 12.5. The van der Waals surface area contributed by atoms with Crippen LogP contribution in [0.4, 0.5) is 8.78 Å². The van der Waals surface area contributed by atoms with Crippen molar-refractivity contribution < 1.29 is 13.6 Å². The molecule has 0 atom stereocenters. The highest BCUT2D eigenvalue weighted by molar-refractivity contribution is 9.10. The second-order valence-electron chi connectivity index (χ2n) is 5.12. The average Bonchev–Trinajstić information content (AvgIpc) is 3.07. The number of carbonyl (C=O) groups is 1. The second-order valence-corrected chi connectivity index (χ2v) is 6.04. The van der Waals surface area contributed by atoms with Gasteiger partial charge in [0.25, 0.3) is 12.3 Å². The van der Waals surface area contributed by atoms with E-state index in [1.807, 2.05) is 24.6 Å². The first-order valence-electron chi connectivity index (χ1n) is 6.36. The number of hydrogen-bond acceptors (Lipinski definition) is 1. The summed E-state index contributed by atoms with van der Waals surface area (Å²) in [6, 6.07) is 1.79. The topological polar surface area (TPSA) is 25.2 Å².